The number of nitrogens with one attached hydrogen (secondary N) is 1. The number of rotatable bonds is 5. The van der Waals surface area contributed by atoms with Crippen molar-refractivity contribution in [2.45, 2.75) is 30.6 Å². The number of fused-ring (bicyclic) bond motifs is 1. The van der Waals surface area contributed by atoms with E-state index in [-0.39, 0.29) is 23.8 Å². The highest BCUT2D eigenvalue weighted by Gasteiger charge is 2.42. The molecule has 0 saturated heterocycles. The Kier molecular flexibility index (Phi) is 4.01. The third kappa shape index (κ3) is 2.71. The molecule has 1 heterocycles. The van der Waals surface area contributed by atoms with Crippen molar-refractivity contribution in [3.8, 4) is 0 Å². The number of carboxylic acids is 1. The molecule has 0 aromatic heterocycles. The molecule has 0 spiro atoms. The molecule has 1 aliphatic heterocycles. The van der Waals surface area contributed by atoms with Crippen molar-refractivity contribution in [1.29, 1.82) is 0 Å². The second-order valence-electron chi connectivity index (χ2n) is 5.71. The molecule has 0 unspecified atom stereocenters. The molecule has 1 aromatic rings. The van der Waals surface area contributed by atoms with Crippen LogP contribution in [-0.2, 0) is 25.0 Å². The summed E-state index contributed by atoms with van der Waals surface area (Å²) in [6, 6.07) is 4.47. The minimum atomic E-state index is -3.81. The van der Waals surface area contributed by atoms with Gasteiger partial charge in [0, 0.05) is 19.3 Å². The van der Waals surface area contributed by atoms with E-state index in [9.17, 15) is 18.0 Å². The van der Waals surface area contributed by atoms with Crippen LogP contribution in [0.3, 0.4) is 0 Å². The summed E-state index contributed by atoms with van der Waals surface area (Å²) in [4.78, 5) is 24.2. The number of carboxylic acid groups (broad SMARTS) is 1. The van der Waals surface area contributed by atoms with Crippen LogP contribution in [0.1, 0.15) is 25.8 Å². The van der Waals surface area contributed by atoms with Gasteiger partial charge in [-0.05, 0) is 37.6 Å². The van der Waals surface area contributed by atoms with Gasteiger partial charge in [-0.25, -0.2) is 13.1 Å². The molecule has 0 atom stereocenters. The first kappa shape index (κ1) is 16.4. The zero-order valence-electron chi connectivity index (χ0n) is 12.6. The maximum absolute atomic E-state index is 12.2. The maximum atomic E-state index is 12.2. The lowest BCUT2D eigenvalue weighted by Gasteiger charge is -2.16. The van der Waals surface area contributed by atoms with Gasteiger partial charge in [0.15, 0.2) is 0 Å². The molecule has 2 N–H and O–H groups in total. The number of aliphatic carboxylic acids is 1. The molecule has 1 aromatic carbocycles. The van der Waals surface area contributed by atoms with Gasteiger partial charge in [0.05, 0.1) is 16.7 Å². The first-order valence-electron chi connectivity index (χ1n) is 6.71. The number of benzene rings is 1. The Morgan fingerprint density at radius 2 is 2.00 bits per heavy atom. The number of hydrogen-bond acceptors (Lipinski definition) is 4. The number of anilines is 1. The average Bonchev–Trinajstić information content (AvgIpc) is 2.59. The highest BCUT2D eigenvalue weighted by molar-refractivity contribution is 7.89. The standard InChI is InChI=1S/C14H18N2O5S/c1-14(2)10-8-9(4-5-11(10)16(3)13(14)19)22(20,21)15-7-6-12(17)18/h4-5,8,15H,6-7H2,1-3H3,(H,17,18). The van der Waals surface area contributed by atoms with Gasteiger partial charge in [-0.2, -0.15) is 0 Å². The van der Waals surface area contributed by atoms with Crippen LogP contribution in [0.25, 0.3) is 0 Å². The molecule has 0 fully saturated rings. The molecule has 120 valence electrons. The quantitative estimate of drug-likeness (QED) is 0.828. The highest BCUT2D eigenvalue weighted by atomic mass is 32.2. The fourth-order valence-corrected chi connectivity index (χ4v) is 3.55. The Labute approximate surface area is 129 Å². The van der Waals surface area contributed by atoms with Crippen molar-refractivity contribution in [3.63, 3.8) is 0 Å². The summed E-state index contributed by atoms with van der Waals surface area (Å²) in [6.45, 7) is 3.30. The van der Waals surface area contributed by atoms with Gasteiger partial charge in [-0.15, -0.1) is 0 Å². The lowest BCUT2D eigenvalue weighted by Crippen LogP contribution is -2.33. The predicted octanol–water partition coefficient (Wildman–Crippen LogP) is 0.694. The summed E-state index contributed by atoms with van der Waals surface area (Å²) < 4.78 is 26.6. The molecule has 0 aliphatic carbocycles. The lowest BCUT2D eigenvalue weighted by atomic mass is 9.86. The van der Waals surface area contributed by atoms with Crippen molar-refractivity contribution < 1.29 is 23.1 Å². The van der Waals surface area contributed by atoms with Gasteiger partial charge < -0.3 is 10.0 Å². The average molecular weight is 326 g/mol. The molecule has 2 rings (SSSR count). The number of amides is 1. The first-order valence-corrected chi connectivity index (χ1v) is 8.20. The maximum Gasteiger partial charge on any atom is 0.304 e. The summed E-state index contributed by atoms with van der Waals surface area (Å²) in [5.74, 6) is -1.18. The molecule has 0 bridgehead atoms. The van der Waals surface area contributed by atoms with E-state index < -0.39 is 21.4 Å². The second kappa shape index (κ2) is 5.36. The largest absolute Gasteiger partial charge is 0.481 e. The Morgan fingerprint density at radius 1 is 1.36 bits per heavy atom. The van der Waals surface area contributed by atoms with Gasteiger partial charge in [0.25, 0.3) is 0 Å². The number of carbonyl (C=O) groups excluding carboxylic acids is 1. The van der Waals surface area contributed by atoms with E-state index in [0.717, 1.165) is 0 Å². The van der Waals surface area contributed by atoms with Crippen LogP contribution in [0.5, 0.6) is 0 Å². The number of sulfonamides is 1. The lowest BCUT2D eigenvalue weighted by molar-refractivity contribution is -0.136. The Bertz CT molecular complexity index is 740. The predicted molar refractivity (Wildman–Crippen MR) is 80.3 cm³/mol. The Hall–Kier alpha value is -1.93. The highest BCUT2D eigenvalue weighted by Crippen LogP contribution is 2.41. The summed E-state index contributed by atoms with van der Waals surface area (Å²) in [6.07, 6.45) is -0.295. The van der Waals surface area contributed by atoms with E-state index in [1.165, 1.54) is 17.0 Å². The minimum Gasteiger partial charge on any atom is -0.481 e. The monoisotopic (exact) mass is 326 g/mol. The Balaban J connectivity index is 2.35. The summed E-state index contributed by atoms with van der Waals surface area (Å²) in [5.41, 5.74) is 0.525. The van der Waals surface area contributed by atoms with Gasteiger partial charge in [0.1, 0.15) is 0 Å². The van der Waals surface area contributed by atoms with Gasteiger partial charge in [-0.3, -0.25) is 9.59 Å². The van der Waals surface area contributed by atoms with Crippen LogP contribution in [0.4, 0.5) is 5.69 Å². The van der Waals surface area contributed by atoms with Crippen LogP contribution in [-0.4, -0.2) is 39.0 Å². The summed E-state index contributed by atoms with van der Waals surface area (Å²) >= 11 is 0. The van der Waals surface area contributed by atoms with Crippen molar-refractivity contribution in [2.24, 2.45) is 0 Å². The van der Waals surface area contributed by atoms with Gasteiger partial charge in [0.2, 0.25) is 15.9 Å². The van der Waals surface area contributed by atoms with E-state index in [4.69, 9.17) is 5.11 Å². The molecule has 0 radical (unpaired) electrons. The van der Waals surface area contributed by atoms with Crippen LogP contribution < -0.4 is 9.62 Å². The smallest absolute Gasteiger partial charge is 0.304 e. The molecular weight excluding hydrogens is 308 g/mol. The van der Waals surface area contributed by atoms with E-state index >= 15 is 0 Å². The van der Waals surface area contributed by atoms with Crippen molar-refractivity contribution >= 4 is 27.6 Å². The number of hydrogen-bond donors (Lipinski definition) is 2. The van der Waals surface area contributed by atoms with Crippen LogP contribution in [0, 0.1) is 0 Å². The molecular formula is C14H18N2O5S. The molecule has 7 nitrogen and oxygen atoms in total. The van der Waals surface area contributed by atoms with Crippen molar-refractivity contribution in [3.05, 3.63) is 23.8 Å². The van der Waals surface area contributed by atoms with Crippen molar-refractivity contribution in [2.75, 3.05) is 18.5 Å². The van der Waals surface area contributed by atoms with E-state index in [0.29, 0.717) is 11.3 Å². The summed E-state index contributed by atoms with van der Waals surface area (Å²) in [7, 11) is -2.16. The Morgan fingerprint density at radius 3 is 2.59 bits per heavy atom. The zero-order valence-corrected chi connectivity index (χ0v) is 13.4. The number of nitrogens with zero attached hydrogens (tertiary/aromatic N) is 1. The van der Waals surface area contributed by atoms with Crippen LogP contribution >= 0.6 is 0 Å². The molecule has 8 heteroatoms. The number of likely N-dealkylation sites (N-methyl/N-ethyl adjacent to an activating group) is 1. The zero-order chi connectivity index (χ0) is 16.7. The normalized spacial score (nSPS) is 16.7. The summed E-state index contributed by atoms with van der Waals surface area (Å²) in [5, 5.41) is 8.56. The van der Waals surface area contributed by atoms with Gasteiger partial charge in [-0.1, -0.05) is 0 Å². The minimum absolute atomic E-state index is 0.0211. The van der Waals surface area contributed by atoms with Crippen molar-refractivity contribution in [1.82, 2.24) is 4.72 Å². The van der Waals surface area contributed by atoms with Gasteiger partial charge >= 0.3 is 5.97 Å². The van der Waals surface area contributed by atoms with E-state index in [2.05, 4.69) is 4.72 Å². The fraction of sp³-hybridized carbons (Fsp3) is 0.429. The first-order chi connectivity index (χ1) is 10.1. The van der Waals surface area contributed by atoms with E-state index in [1.807, 2.05) is 0 Å². The third-order valence-corrected chi connectivity index (χ3v) is 5.24. The molecule has 1 aliphatic rings. The molecule has 22 heavy (non-hydrogen) atoms. The second-order valence-corrected chi connectivity index (χ2v) is 7.48. The van der Waals surface area contributed by atoms with Crippen LogP contribution in [0.2, 0.25) is 0 Å². The van der Waals surface area contributed by atoms with Crippen LogP contribution in [0.15, 0.2) is 23.1 Å². The SMILES string of the molecule is CN1C(=O)C(C)(C)c2cc(S(=O)(=O)NCCC(=O)O)ccc21. The van der Waals surface area contributed by atoms with E-state index in [1.54, 1.807) is 27.0 Å². The third-order valence-electron chi connectivity index (χ3n) is 3.78. The topological polar surface area (TPSA) is 104 Å². The fourth-order valence-electron chi connectivity index (χ4n) is 2.49. The molecule has 0 saturated carbocycles. The molecule has 1 amide bonds. The number of carbonyl (C=O) groups is 2.